The van der Waals surface area contributed by atoms with Crippen LogP contribution in [0.1, 0.15) is 50.3 Å². The third-order valence-electron chi connectivity index (χ3n) is 7.53. The lowest BCUT2D eigenvalue weighted by Gasteiger charge is -2.22. The van der Waals surface area contributed by atoms with Crippen LogP contribution in [-0.2, 0) is 5.41 Å². The van der Waals surface area contributed by atoms with Crippen LogP contribution in [0.4, 0.5) is 17.1 Å². The molecule has 0 saturated carbocycles. The van der Waals surface area contributed by atoms with Crippen LogP contribution in [0.2, 0.25) is 0 Å². The summed E-state index contributed by atoms with van der Waals surface area (Å²) in [5, 5.41) is 8.57. The average Bonchev–Trinajstić information content (AvgIpc) is 3.05. The molecule has 0 amide bonds. The van der Waals surface area contributed by atoms with Crippen LogP contribution < -0.4 is 11.1 Å². The molecule has 0 radical (unpaired) electrons. The second-order valence-electron chi connectivity index (χ2n) is 10.4. The number of hydrogen-bond donors (Lipinski definition) is 2. The van der Waals surface area contributed by atoms with E-state index in [2.05, 4.69) is 112 Å². The summed E-state index contributed by atoms with van der Waals surface area (Å²) < 4.78 is 0. The second-order valence-corrected chi connectivity index (χ2v) is 10.4. The van der Waals surface area contributed by atoms with Gasteiger partial charge in [-0.25, -0.2) is 0 Å². The molecule has 0 aromatic heterocycles. The SMILES string of the molecule is CC(C)c1ccc(Nc2c3cc(N)ccc3cc3cc4c(cc23)-c2ccccc2C4(C)C)cc1. The minimum atomic E-state index is -0.0174. The van der Waals surface area contributed by atoms with E-state index in [1.165, 1.54) is 44.0 Å². The predicted molar refractivity (Wildman–Crippen MR) is 147 cm³/mol. The molecule has 1 aliphatic rings. The van der Waals surface area contributed by atoms with Crippen LogP contribution in [0.15, 0.2) is 84.9 Å². The van der Waals surface area contributed by atoms with Crippen molar-refractivity contribution >= 4 is 38.6 Å². The molecule has 2 nitrogen and oxygen atoms in total. The minimum absolute atomic E-state index is 0.0174. The topological polar surface area (TPSA) is 38.0 Å². The highest BCUT2D eigenvalue weighted by molar-refractivity contribution is 6.14. The lowest BCUT2D eigenvalue weighted by atomic mass is 9.81. The Labute approximate surface area is 201 Å². The maximum Gasteiger partial charge on any atom is 0.0544 e. The quantitative estimate of drug-likeness (QED) is 0.216. The molecule has 5 aromatic carbocycles. The maximum atomic E-state index is 6.24. The van der Waals surface area contributed by atoms with Crippen molar-refractivity contribution in [2.45, 2.75) is 39.0 Å². The third-order valence-corrected chi connectivity index (χ3v) is 7.53. The van der Waals surface area contributed by atoms with Gasteiger partial charge in [0.05, 0.1) is 5.69 Å². The Morgan fingerprint density at radius 3 is 2.21 bits per heavy atom. The highest BCUT2D eigenvalue weighted by atomic mass is 14.9. The van der Waals surface area contributed by atoms with Crippen molar-refractivity contribution in [3.05, 3.63) is 102 Å². The van der Waals surface area contributed by atoms with Gasteiger partial charge in [-0.2, -0.15) is 0 Å². The molecule has 0 atom stereocenters. The van der Waals surface area contributed by atoms with Crippen molar-refractivity contribution in [2.75, 3.05) is 11.1 Å². The summed E-state index contributed by atoms with van der Waals surface area (Å²) in [6.07, 6.45) is 0. The first-order chi connectivity index (χ1) is 16.3. The lowest BCUT2D eigenvalue weighted by Crippen LogP contribution is -2.14. The van der Waals surface area contributed by atoms with Crippen LogP contribution in [0.3, 0.4) is 0 Å². The molecule has 0 heterocycles. The molecule has 5 aromatic rings. The van der Waals surface area contributed by atoms with Gasteiger partial charge in [-0.05, 0) is 87.0 Å². The summed E-state index contributed by atoms with van der Waals surface area (Å²) in [4.78, 5) is 0. The van der Waals surface area contributed by atoms with Crippen LogP contribution in [0.25, 0.3) is 32.7 Å². The van der Waals surface area contributed by atoms with Gasteiger partial charge >= 0.3 is 0 Å². The van der Waals surface area contributed by atoms with E-state index in [1.807, 2.05) is 6.07 Å². The van der Waals surface area contributed by atoms with E-state index in [1.54, 1.807) is 0 Å². The molecule has 34 heavy (non-hydrogen) atoms. The lowest BCUT2D eigenvalue weighted by molar-refractivity contribution is 0.661. The Morgan fingerprint density at radius 1 is 0.706 bits per heavy atom. The van der Waals surface area contributed by atoms with Crippen LogP contribution in [0.5, 0.6) is 0 Å². The number of hydrogen-bond acceptors (Lipinski definition) is 2. The number of nitrogens with one attached hydrogen (secondary N) is 1. The normalized spacial score (nSPS) is 13.9. The van der Waals surface area contributed by atoms with E-state index < -0.39 is 0 Å². The van der Waals surface area contributed by atoms with Crippen molar-refractivity contribution < 1.29 is 0 Å². The van der Waals surface area contributed by atoms with Gasteiger partial charge in [-0.15, -0.1) is 0 Å². The summed E-state index contributed by atoms with van der Waals surface area (Å²) >= 11 is 0. The van der Waals surface area contributed by atoms with Crippen LogP contribution >= 0.6 is 0 Å². The molecule has 0 spiro atoms. The number of nitrogen functional groups attached to an aromatic ring is 1. The molecule has 0 bridgehead atoms. The molecule has 2 heteroatoms. The van der Waals surface area contributed by atoms with Gasteiger partial charge in [0, 0.05) is 27.6 Å². The summed E-state index contributed by atoms with van der Waals surface area (Å²) in [6.45, 7) is 9.12. The fourth-order valence-electron chi connectivity index (χ4n) is 5.56. The molecule has 1 aliphatic carbocycles. The van der Waals surface area contributed by atoms with Crippen molar-refractivity contribution in [1.29, 1.82) is 0 Å². The van der Waals surface area contributed by atoms with Crippen LogP contribution in [-0.4, -0.2) is 0 Å². The van der Waals surface area contributed by atoms with Crippen molar-refractivity contribution in [3.63, 3.8) is 0 Å². The second kappa shape index (κ2) is 7.36. The molecule has 168 valence electrons. The molecule has 0 aliphatic heterocycles. The van der Waals surface area contributed by atoms with Gasteiger partial charge < -0.3 is 11.1 Å². The smallest absolute Gasteiger partial charge is 0.0544 e. The van der Waals surface area contributed by atoms with Gasteiger partial charge in [0.15, 0.2) is 0 Å². The Bertz CT molecular complexity index is 1570. The molecule has 0 saturated heterocycles. The first kappa shape index (κ1) is 20.8. The Balaban J connectivity index is 1.62. The molecule has 0 fully saturated rings. The van der Waals surface area contributed by atoms with E-state index in [9.17, 15) is 0 Å². The number of anilines is 3. The summed E-state index contributed by atoms with van der Waals surface area (Å²) in [5.74, 6) is 0.512. The average molecular weight is 443 g/mol. The van der Waals surface area contributed by atoms with E-state index in [-0.39, 0.29) is 5.41 Å². The fraction of sp³-hybridized carbons (Fsp3) is 0.188. The zero-order chi connectivity index (χ0) is 23.6. The minimum Gasteiger partial charge on any atom is -0.399 e. The largest absolute Gasteiger partial charge is 0.399 e. The third kappa shape index (κ3) is 3.09. The highest BCUT2D eigenvalue weighted by Gasteiger charge is 2.35. The van der Waals surface area contributed by atoms with E-state index in [0.29, 0.717) is 5.92 Å². The number of nitrogens with two attached hydrogens (primary N) is 1. The number of rotatable bonds is 3. The fourth-order valence-corrected chi connectivity index (χ4v) is 5.56. The molecule has 6 rings (SSSR count). The molecular formula is C32H30N2. The van der Waals surface area contributed by atoms with E-state index in [4.69, 9.17) is 5.73 Å². The van der Waals surface area contributed by atoms with Gasteiger partial charge in [-0.3, -0.25) is 0 Å². The maximum absolute atomic E-state index is 6.24. The van der Waals surface area contributed by atoms with Gasteiger partial charge in [0.2, 0.25) is 0 Å². The number of benzene rings is 5. The summed E-state index contributed by atoms with van der Waals surface area (Å²) in [7, 11) is 0. The predicted octanol–water partition coefficient (Wildman–Crippen LogP) is 8.75. The molecular weight excluding hydrogens is 412 g/mol. The zero-order valence-corrected chi connectivity index (χ0v) is 20.2. The van der Waals surface area contributed by atoms with Gasteiger partial charge in [0.25, 0.3) is 0 Å². The standard InChI is InChI=1S/C32H30N2/c1-19(2)20-10-13-24(14-11-20)34-31-26-17-23(33)12-9-21(26)15-22-16-30-28(18-27(22)31)25-7-5-6-8-29(25)32(30,3)4/h5-19,34H,33H2,1-4H3. The molecule has 3 N–H and O–H groups in total. The van der Waals surface area contributed by atoms with Crippen molar-refractivity contribution in [2.24, 2.45) is 0 Å². The van der Waals surface area contributed by atoms with Gasteiger partial charge in [-0.1, -0.05) is 70.2 Å². The van der Waals surface area contributed by atoms with E-state index in [0.717, 1.165) is 22.4 Å². The number of fused-ring (bicyclic) bond motifs is 5. The van der Waals surface area contributed by atoms with Crippen LogP contribution in [0, 0.1) is 0 Å². The van der Waals surface area contributed by atoms with Crippen molar-refractivity contribution in [3.8, 4) is 11.1 Å². The summed E-state index contributed by atoms with van der Waals surface area (Å²) in [6, 6.07) is 30.9. The molecule has 0 unspecified atom stereocenters. The highest BCUT2D eigenvalue weighted by Crippen LogP contribution is 2.51. The monoisotopic (exact) mass is 442 g/mol. The van der Waals surface area contributed by atoms with E-state index >= 15 is 0 Å². The Morgan fingerprint density at radius 2 is 1.44 bits per heavy atom. The van der Waals surface area contributed by atoms with Crippen molar-refractivity contribution in [1.82, 2.24) is 0 Å². The van der Waals surface area contributed by atoms with Gasteiger partial charge in [0.1, 0.15) is 0 Å². The first-order valence-electron chi connectivity index (χ1n) is 12.1. The zero-order valence-electron chi connectivity index (χ0n) is 20.2. The Kier molecular flexibility index (Phi) is 4.50. The first-order valence-corrected chi connectivity index (χ1v) is 12.1. The Hall–Kier alpha value is -3.78. The summed E-state index contributed by atoms with van der Waals surface area (Å²) in [5.41, 5.74) is 16.0.